The number of benzene rings is 2. The lowest BCUT2D eigenvalue weighted by molar-refractivity contribution is -0.147. The van der Waals surface area contributed by atoms with E-state index in [4.69, 9.17) is 0 Å². The minimum atomic E-state index is -4.51. The van der Waals surface area contributed by atoms with Crippen molar-refractivity contribution < 1.29 is 32.7 Å². The number of urea groups is 1. The molecule has 0 saturated carbocycles. The molecule has 4 amide bonds. The third-order valence-corrected chi connectivity index (χ3v) is 7.96. The first-order valence-electron chi connectivity index (χ1n) is 12.4. The second-order valence-electron chi connectivity index (χ2n) is 9.99. The lowest BCUT2D eigenvalue weighted by atomic mass is 9.99. The molecular weight excluding hydrogens is 533 g/mol. The lowest BCUT2D eigenvalue weighted by Crippen LogP contribution is -2.58. The van der Waals surface area contributed by atoms with E-state index in [9.17, 15) is 32.7 Å². The van der Waals surface area contributed by atoms with E-state index in [2.05, 4.69) is 16.0 Å². The Morgan fingerprint density at radius 1 is 1.10 bits per heavy atom. The van der Waals surface area contributed by atoms with Crippen LogP contribution in [0.4, 0.5) is 18.0 Å². The third-order valence-electron chi connectivity index (χ3n) is 6.58. The average molecular weight is 567 g/mol. The molecule has 1 fully saturated rings. The highest BCUT2D eigenvalue weighted by atomic mass is 32.2. The first-order chi connectivity index (χ1) is 18.2. The van der Waals surface area contributed by atoms with Crippen LogP contribution in [0.3, 0.4) is 0 Å². The van der Waals surface area contributed by atoms with Crippen molar-refractivity contribution in [2.24, 2.45) is 0 Å². The molecule has 8 nitrogen and oxygen atoms in total. The summed E-state index contributed by atoms with van der Waals surface area (Å²) in [6.07, 6.45) is -6.15. The number of halogens is 3. The van der Waals surface area contributed by atoms with Gasteiger partial charge >= 0.3 is 12.2 Å². The van der Waals surface area contributed by atoms with E-state index in [1.807, 2.05) is 45.0 Å². The van der Waals surface area contributed by atoms with Crippen molar-refractivity contribution in [2.45, 2.75) is 69.9 Å². The molecule has 3 rings (SSSR count). The second kappa shape index (κ2) is 12.3. The Bertz CT molecular complexity index is 1210. The molecule has 2 aromatic rings. The van der Waals surface area contributed by atoms with Crippen LogP contribution in [0.5, 0.6) is 0 Å². The molecule has 1 heterocycles. The van der Waals surface area contributed by atoms with Crippen LogP contribution in [-0.2, 0) is 28.9 Å². The number of hydrogen-bond acceptors (Lipinski definition) is 5. The van der Waals surface area contributed by atoms with Crippen LogP contribution in [0.1, 0.15) is 43.0 Å². The molecule has 1 aliphatic heterocycles. The van der Waals surface area contributed by atoms with Crippen LogP contribution in [0.15, 0.2) is 48.5 Å². The summed E-state index contributed by atoms with van der Waals surface area (Å²) >= 11 is 1.40. The number of carbonyl (C=O) groups is 3. The molecule has 0 radical (unpaired) electrons. The molecule has 0 spiro atoms. The summed E-state index contributed by atoms with van der Waals surface area (Å²) in [5, 5.41) is 18.5. The lowest BCUT2D eigenvalue weighted by Gasteiger charge is -2.32. The second-order valence-corrected chi connectivity index (χ2v) is 11.6. The molecule has 3 atom stereocenters. The standard InChI is InChI=1S/C27H33F3N4O4S/c1-16-8-5-6-10-19(16)14-31-23(36)22-26(3,4)39-15-34(22)24(37)21(35)17(2)33-25(38)32-13-18-9-7-11-20(12-18)27(28,29)30/h5-12,17,21-22,35H,13-15H2,1-4H3,(H,31,36)(H2,32,33,38). The fraction of sp³-hybridized carbons (Fsp3) is 0.444. The topological polar surface area (TPSA) is 111 Å². The molecule has 4 N–H and O–H groups in total. The van der Waals surface area contributed by atoms with Crippen molar-refractivity contribution in [3.63, 3.8) is 0 Å². The first-order valence-corrected chi connectivity index (χ1v) is 13.3. The minimum absolute atomic E-state index is 0.180. The highest BCUT2D eigenvalue weighted by Crippen LogP contribution is 2.39. The van der Waals surface area contributed by atoms with Gasteiger partial charge in [0.2, 0.25) is 5.91 Å². The number of carbonyl (C=O) groups excluding carboxylic acids is 3. The van der Waals surface area contributed by atoms with Crippen LogP contribution in [-0.4, -0.2) is 56.7 Å². The van der Waals surface area contributed by atoms with E-state index in [-0.39, 0.29) is 30.4 Å². The average Bonchev–Trinajstić information content (AvgIpc) is 3.20. The maximum atomic E-state index is 13.2. The predicted octanol–water partition coefficient (Wildman–Crippen LogP) is 3.56. The van der Waals surface area contributed by atoms with Gasteiger partial charge in [0.1, 0.15) is 6.04 Å². The van der Waals surface area contributed by atoms with E-state index in [1.54, 1.807) is 0 Å². The van der Waals surface area contributed by atoms with Crippen molar-refractivity contribution in [3.05, 3.63) is 70.8 Å². The highest BCUT2D eigenvalue weighted by Gasteiger charge is 2.49. The van der Waals surface area contributed by atoms with Gasteiger partial charge in [-0.1, -0.05) is 36.4 Å². The summed E-state index contributed by atoms with van der Waals surface area (Å²) in [7, 11) is 0. The number of alkyl halides is 3. The smallest absolute Gasteiger partial charge is 0.381 e. The SMILES string of the molecule is Cc1ccccc1CNC(=O)C1N(C(=O)C(O)C(C)NC(=O)NCc2cccc(C(F)(F)F)c2)CSC1(C)C. The molecule has 0 bridgehead atoms. The normalized spacial score (nSPS) is 18.3. The number of hydrogen-bond donors (Lipinski definition) is 4. The van der Waals surface area contributed by atoms with Gasteiger partial charge in [-0.3, -0.25) is 9.59 Å². The molecule has 2 aromatic carbocycles. The molecule has 12 heteroatoms. The van der Waals surface area contributed by atoms with E-state index >= 15 is 0 Å². The fourth-order valence-corrected chi connectivity index (χ4v) is 5.40. The molecule has 3 unspecified atom stereocenters. The van der Waals surface area contributed by atoms with Gasteiger partial charge in [0.05, 0.1) is 17.5 Å². The van der Waals surface area contributed by atoms with Crippen LogP contribution in [0.2, 0.25) is 0 Å². The maximum absolute atomic E-state index is 13.2. The number of aliphatic hydroxyl groups excluding tert-OH is 1. The molecule has 1 saturated heterocycles. The first kappa shape index (κ1) is 30.3. The minimum Gasteiger partial charge on any atom is -0.381 e. The number of rotatable bonds is 8. The van der Waals surface area contributed by atoms with Crippen molar-refractivity contribution in [2.75, 3.05) is 5.88 Å². The zero-order chi connectivity index (χ0) is 29.0. The van der Waals surface area contributed by atoms with Crippen LogP contribution in [0, 0.1) is 6.92 Å². The Morgan fingerprint density at radius 2 is 1.79 bits per heavy atom. The predicted molar refractivity (Wildman–Crippen MR) is 142 cm³/mol. The maximum Gasteiger partial charge on any atom is 0.416 e. The van der Waals surface area contributed by atoms with E-state index in [1.165, 1.54) is 35.7 Å². The highest BCUT2D eigenvalue weighted by molar-refractivity contribution is 8.00. The number of amides is 4. The van der Waals surface area contributed by atoms with Gasteiger partial charge in [-0.2, -0.15) is 13.2 Å². The quantitative estimate of drug-likeness (QED) is 0.391. The summed E-state index contributed by atoms with van der Waals surface area (Å²) < 4.78 is 38.1. The number of aryl methyl sites for hydroxylation is 1. The Balaban J connectivity index is 1.58. The number of nitrogens with one attached hydrogen (secondary N) is 3. The van der Waals surface area contributed by atoms with Gasteiger partial charge in [-0.25, -0.2) is 4.79 Å². The number of thioether (sulfide) groups is 1. The van der Waals surface area contributed by atoms with E-state index < -0.39 is 46.6 Å². The summed E-state index contributed by atoms with van der Waals surface area (Å²) in [4.78, 5) is 40.0. The number of nitrogens with zero attached hydrogens (tertiary/aromatic N) is 1. The van der Waals surface area contributed by atoms with Gasteiger partial charge in [-0.15, -0.1) is 11.8 Å². The van der Waals surface area contributed by atoms with Gasteiger partial charge in [0.15, 0.2) is 6.10 Å². The van der Waals surface area contributed by atoms with Crippen LogP contribution < -0.4 is 16.0 Å². The van der Waals surface area contributed by atoms with Gasteiger partial charge in [0.25, 0.3) is 5.91 Å². The zero-order valence-corrected chi connectivity index (χ0v) is 22.9. The Hall–Kier alpha value is -3.25. The van der Waals surface area contributed by atoms with Gasteiger partial charge in [0, 0.05) is 17.8 Å². The van der Waals surface area contributed by atoms with E-state index in [0.29, 0.717) is 0 Å². The van der Waals surface area contributed by atoms with Crippen molar-refractivity contribution in [3.8, 4) is 0 Å². The van der Waals surface area contributed by atoms with Crippen molar-refractivity contribution in [1.29, 1.82) is 0 Å². The van der Waals surface area contributed by atoms with Gasteiger partial charge in [-0.05, 0) is 56.5 Å². The molecule has 212 valence electrons. The Labute approximate surface area is 229 Å². The summed E-state index contributed by atoms with van der Waals surface area (Å²) in [6, 6.07) is 9.51. The summed E-state index contributed by atoms with van der Waals surface area (Å²) in [5.41, 5.74) is 1.37. The molecule has 39 heavy (non-hydrogen) atoms. The van der Waals surface area contributed by atoms with Crippen LogP contribution in [0.25, 0.3) is 0 Å². The molecule has 1 aliphatic rings. The number of aliphatic hydroxyl groups is 1. The Kier molecular flexibility index (Phi) is 9.55. The third kappa shape index (κ3) is 7.66. The fourth-order valence-electron chi connectivity index (χ4n) is 4.26. The van der Waals surface area contributed by atoms with Crippen LogP contribution >= 0.6 is 11.8 Å². The van der Waals surface area contributed by atoms with Crippen molar-refractivity contribution >= 4 is 29.6 Å². The molecule has 0 aromatic heterocycles. The van der Waals surface area contributed by atoms with Gasteiger partial charge < -0.3 is 26.0 Å². The zero-order valence-electron chi connectivity index (χ0n) is 22.1. The Morgan fingerprint density at radius 3 is 2.46 bits per heavy atom. The monoisotopic (exact) mass is 566 g/mol. The molecule has 0 aliphatic carbocycles. The molecular formula is C27H33F3N4O4S. The summed E-state index contributed by atoms with van der Waals surface area (Å²) in [5.74, 6) is -0.886. The van der Waals surface area contributed by atoms with E-state index in [0.717, 1.165) is 23.3 Å². The summed E-state index contributed by atoms with van der Waals surface area (Å²) in [6.45, 7) is 7.15. The largest absolute Gasteiger partial charge is 0.416 e. The van der Waals surface area contributed by atoms with Crippen molar-refractivity contribution in [1.82, 2.24) is 20.9 Å².